The van der Waals surface area contributed by atoms with Crippen molar-refractivity contribution in [2.24, 2.45) is 5.92 Å². The lowest BCUT2D eigenvalue weighted by Crippen LogP contribution is -2.37. The van der Waals surface area contributed by atoms with Gasteiger partial charge in [0.2, 0.25) is 5.91 Å². The van der Waals surface area contributed by atoms with Crippen molar-refractivity contribution in [2.45, 2.75) is 45.1 Å². The maximum absolute atomic E-state index is 13.3. The van der Waals surface area contributed by atoms with Gasteiger partial charge in [0, 0.05) is 23.7 Å². The number of carbonyl (C=O) groups is 1. The van der Waals surface area contributed by atoms with Crippen LogP contribution in [0, 0.1) is 12.8 Å². The molecule has 11 heteroatoms. The second-order valence-corrected chi connectivity index (χ2v) is 7.19. The molecule has 0 saturated carbocycles. The van der Waals surface area contributed by atoms with Gasteiger partial charge >= 0.3 is 12.8 Å². The molecule has 0 aliphatic heterocycles. The van der Waals surface area contributed by atoms with Gasteiger partial charge < -0.3 is 15.2 Å². The lowest BCUT2D eigenvalue weighted by Gasteiger charge is -2.26. The van der Waals surface area contributed by atoms with Crippen LogP contribution in [0.1, 0.15) is 40.9 Å². The van der Waals surface area contributed by atoms with Gasteiger partial charge in [0.05, 0.1) is 6.10 Å². The van der Waals surface area contributed by atoms with Crippen LogP contribution in [-0.4, -0.2) is 34.1 Å². The van der Waals surface area contributed by atoms with Crippen molar-refractivity contribution in [3.05, 3.63) is 52.6 Å². The zero-order valence-electron chi connectivity index (χ0n) is 16.4. The van der Waals surface area contributed by atoms with Gasteiger partial charge in [0.25, 0.3) is 0 Å². The number of aryl methyl sites for hydroxylation is 2. The highest BCUT2D eigenvalue weighted by Crippen LogP contribution is 2.36. The summed E-state index contributed by atoms with van der Waals surface area (Å²) in [7, 11) is 0. The number of benzene rings is 1. The molecule has 3 rings (SSSR count). The summed E-state index contributed by atoms with van der Waals surface area (Å²) in [6.07, 6.45) is -5.38. The van der Waals surface area contributed by atoms with Crippen LogP contribution in [0.4, 0.5) is 22.0 Å². The number of fused-ring (bicyclic) bond motifs is 1. The Hall–Kier alpha value is -2.82. The number of nitrogens with one attached hydrogen (secondary N) is 1. The van der Waals surface area contributed by atoms with E-state index in [0.717, 1.165) is 0 Å². The first kappa shape index (κ1) is 22.9. The summed E-state index contributed by atoms with van der Waals surface area (Å²) >= 11 is 0. The number of hydrogen-bond donors (Lipinski definition) is 2. The molecule has 1 aromatic carbocycles. The van der Waals surface area contributed by atoms with Crippen molar-refractivity contribution in [2.75, 3.05) is 6.54 Å². The molecule has 1 amide bonds. The van der Waals surface area contributed by atoms with Crippen LogP contribution in [0.2, 0.25) is 0 Å². The third-order valence-corrected chi connectivity index (χ3v) is 4.98. The Morgan fingerprint density at radius 3 is 2.55 bits per heavy atom. The average Bonchev–Trinajstić information content (AvgIpc) is 2.70. The average molecular weight is 445 g/mol. The number of aliphatic hydroxyl groups excluding tert-OH is 1. The number of halogens is 5. The molecule has 2 atom stereocenters. The quantitative estimate of drug-likeness (QED) is 0.667. The van der Waals surface area contributed by atoms with Gasteiger partial charge in [-0.05, 0) is 43.9 Å². The Morgan fingerprint density at radius 1 is 1.26 bits per heavy atom. The minimum atomic E-state index is -4.65. The van der Waals surface area contributed by atoms with E-state index in [0.29, 0.717) is 17.7 Å². The molecule has 1 heterocycles. The predicted octanol–water partition coefficient (Wildman–Crippen LogP) is 3.36. The number of aliphatic hydroxyl groups is 1. The van der Waals surface area contributed by atoms with Gasteiger partial charge in [-0.25, -0.2) is 9.97 Å². The molecule has 0 spiro atoms. The Labute approximate surface area is 174 Å². The number of nitrogens with zero attached hydrogens (tertiary/aromatic N) is 2. The second-order valence-electron chi connectivity index (χ2n) is 7.19. The van der Waals surface area contributed by atoms with E-state index in [1.807, 2.05) is 0 Å². The third kappa shape index (κ3) is 5.66. The lowest BCUT2D eigenvalue weighted by molar-refractivity contribution is -0.142. The predicted molar refractivity (Wildman–Crippen MR) is 98.3 cm³/mol. The highest BCUT2D eigenvalue weighted by molar-refractivity contribution is 5.79. The summed E-state index contributed by atoms with van der Waals surface area (Å²) in [5.41, 5.74) is -0.424. The summed E-state index contributed by atoms with van der Waals surface area (Å²) in [4.78, 5) is 20.1. The van der Waals surface area contributed by atoms with Gasteiger partial charge in [-0.1, -0.05) is 12.1 Å². The van der Waals surface area contributed by atoms with E-state index in [4.69, 9.17) is 0 Å². The van der Waals surface area contributed by atoms with Crippen LogP contribution in [0.25, 0.3) is 0 Å². The smallest absolute Gasteiger partial charge is 0.433 e. The van der Waals surface area contributed by atoms with Crippen LogP contribution in [0.15, 0.2) is 24.3 Å². The van der Waals surface area contributed by atoms with Gasteiger partial charge in [-0.2, -0.15) is 22.0 Å². The van der Waals surface area contributed by atoms with Crippen LogP contribution >= 0.6 is 0 Å². The maximum atomic E-state index is 13.3. The molecule has 1 aliphatic carbocycles. The van der Waals surface area contributed by atoms with Crippen LogP contribution in [0.5, 0.6) is 5.75 Å². The van der Waals surface area contributed by atoms with Crippen LogP contribution < -0.4 is 10.1 Å². The summed E-state index contributed by atoms with van der Waals surface area (Å²) in [6, 6.07) is 5.26. The Bertz CT molecular complexity index is 935. The van der Waals surface area contributed by atoms with E-state index < -0.39 is 36.4 Å². The summed E-state index contributed by atoms with van der Waals surface area (Å²) in [5.74, 6) is -1.25. The number of rotatable bonds is 6. The number of hydrogen-bond acceptors (Lipinski definition) is 5. The Balaban J connectivity index is 1.62. The van der Waals surface area contributed by atoms with E-state index >= 15 is 0 Å². The lowest BCUT2D eigenvalue weighted by atomic mass is 9.85. The number of alkyl halides is 5. The maximum Gasteiger partial charge on any atom is 0.433 e. The molecular formula is C20H20F5N3O3. The number of carbonyl (C=O) groups excluding carboxylic acids is 1. The van der Waals surface area contributed by atoms with Crippen molar-refractivity contribution in [3.8, 4) is 5.75 Å². The molecule has 0 unspecified atom stereocenters. The van der Waals surface area contributed by atoms with Gasteiger partial charge in [-0.3, -0.25) is 4.79 Å². The molecule has 0 radical (unpaired) electrons. The van der Waals surface area contributed by atoms with Crippen LogP contribution in [-0.2, 0) is 23.8 Å². The molecule has 1 aliphatic rings. The van der Waals surface area contributed by atoms with Crippen molar-refractivity contribution in [3.63, 3.8) is 0 Å². The van der Waals surface area contributed by atoms with Crippen molar-refractivity contribution in [1.82, 2.24) is 15.3 Å². The van der Waals surface area contributed by atoms with E-state index in [-0.39, 0.29) is 36.5 Å². The summed E-state index contributed by atoms with van der Waals surface area (Å²) in [6.45, 7) is -1.77. The normalized spacial score (nSPS) is 17.2. The molecule has 0 fully saturated rings. The van der Waals surface area contributed by atoms with Gasteiger partial charge in [-0.15, -0.1) is 0 Å². The fourth-order valence-electron chi connectivity index (χ4n) is 3.52. The summed E-state index contributed by atoms with van der Waals surface area (Å²) < 4.78 is 68.6. The van der Waals surface area contributed by atoms with Crippen molar-refractivity contribution in [1.29, 1.82) is 0 Å². The molecular weight excluding hydrogens is 425 g/mol. The molecule has 0 bridgehead atoms. The van der Waals surface area contributed by atoms with E-state index in [1.54, 1.807) is 0 Å². The monoisotopic (exact) mass is 445 g/mol. The standard InChI is InChI=1S/C20H20F5N3O3/c1-10-27-15-7-4-12(8-14(15)17(28-10)20(23,24)25)18(30)26-9-16(29)11-2-5-13(6-3-11)31-19(21)22/h2-3,5-6,12,16,19,29H,4,7-9H2,1H3,(H,26,30)/t12-,16+/m0/s1. The summed E-state index contributed by atoms with van der Waals surface area (Å²) in [5, 5.41) is 12.7. The largest absolute Gasteiger partial charge is 0.435 e. The third-order valence-electron chi connectivity index (χ3n) is 4.98. The minimum Gasteiger partial charge on any atom is -0.435 e. The van der Waals surface area contributed by atoms with Crippen molar-refractivity contribution < 1.29 is 36.6 Å². The molecule has 1 aromatic heterocycles. The first-order valence-corrected chi connectivity index (χ1v) is 9.48. The van der Waals surface area contributed by atoms with Gasteiger partial charge in [0.15, 0.2) is 5.69 Å². The number of amides is 1. The zero-order chi connectivity index (χ0) is 22.8. The highest BCUT2D eigenvalue weighted by Gasteiger charge is 2.39. The first-order valence-electron chi connectivity index (χ1n) is 9.48. The molecule has 2 N–H and O–H groups in total. The highest BCUT2D eigenvalue weighted by atomic mass is 19.4. The van der Waals surface area contributed by atoms with Gasteiger partial charge in [0.1, 0.15) is 11.6 Å². The molecule has 168 valence electrons. The topological polar surface area (TPSA) is 84.3 Å². The Kier molecular flexibility index (Phi) is 6.73. The van der Waals surface area contributed by atoms with E-state index in [9.17, 15) is 31.9 Å². The zero-order valence-corrected chi connectivity index (χ0v) is 16.4. The number of ether oxygens (including phenoxy) is 1. The van der Waals surface area contributed by atoms with Crippen LogP contribution in [0.3, 0.4) is 0 Å². The Morgan fingerprint density at radius 2 is 1.94 bits per heavy atom. The first-order chi connectivity index (χ1) is 14.5. The van der Waals surface area contributed by atoms with E-state index in [2.05, 4.69) is 20.0 Å². The molecule has 6 nitrogen and oxygen atoms in total. The number of aromatic nitrogens is 2. The van der Waals surface area contributed by atoms with Crippen molar-refractivity contribution >= 4 is 5.91 Å². The fraction of sp³-hybridized carbons (Fsp3) is 0.450. The SMILES string of the molecule is Cc1nc2c(c(C(F)(F)F)n1)C[C@@H](C(=O)NC[C@@H](O)c1ccc(OC(F)F)cc1)CC2. The van der Waals surface area contributed by atoms with E-state index in [1.165, 1.54) is 31.2 Å². The molecule has 2 aromatic rings. The minimum absolute atomic E-state index is 0.0297. The fourth-order valence-corrected chi connectivity index (χ4v) is 3.52. The molecule has 31 heavy (non-hydrogen) atoms. The second kappa shape index (κ2) is 9.13. The molecule has 0 saturated heterocycles.